The van der Waals surface area contributed by atoms with Crippen molar-refractivity contribution in [2.24, 2.45) is 21.1 Å². The van der Waals surface area contributed by atoms with Gasteiger partial charge in [-0.2, -0.15) is 15.5 Å². The van der Waals surface area contributed by atoms with Crippen LogP contribution in [-0.2, 0) is 0 Å². The molecule has 3 rings (SSSR count). The van der Waals surface area contributed by atoms with Gasteiger partial charge in [0.1, 0.15) is 23.9 Å². The second-order valence-electron chi connectivity index (χ2n) is 8.17. The lowest BCUT2D eigenvalue weighted by Crippen LogP contribution is -2.22. The molecule has 1 heterocycles. The van der Waals surface area contributed by atoms with E-state index in [9.17, 15) is 4.39 Å². The van der Waals surface area contributed by atoms with Crippen molar-refractivity contribution in [2.75, 3.05) is 19.3 Å². The van der Waals surface area contributed by atoms with Gasteiger partial charge in [0.2, 0.25) is 0 Å². The van der Waals surface area contributed by atoms with Gasteiger partial charge in [-0.05, 0) is 80.6 Å². The van der Waals surface area contributed by atoms with Crippen molar-refractivity contribution in [3.05, 3.63) is 65.1 Å². The summed E-state index contributed by atoms with van der Waals surface area (Å²) in [6.45, 7) is 5.98. The number of benzene rings is 2. The molecule has 1 aliphatic rings. The molecule has 2 aromatic rings. The zero-order valence-electron chi connectivity index (χ0n) is 19.9. The summed E-state index contributed by atoms with van der Waals surface area (Å²) in [6, 6.07) is 11.7. The topological polar surface area (TPSA) is 108 Å². The predicted octanol–water partition coefficient (Wildman–Crippen LogP) is 5.17. The number of allylic oxidation sites excluding steroid dienone is 2. The van der Waals surface area contributed by atoms with Crippen molar-refractivity contribution < 1.29 is 9.13 Å². The van der Waals surface area contributed by atoms with Crippen molar-refractivity contribution in [3.8, 4) is 17.6 Å². The van der Waals surface area contributed by atoms with Crippen LogP contribution >= 0.6 is 0 Å². The van der Waals surface area contributed by atoms with Crippen LogP contribution in [0.2, 0.25) is 0 Å². The van der Waals surface area contributed by atoms with E-state index in [0.717, 1.165) is 17.8 Å². The minimum atomic E-state index is -0.328. The van der Waals surface area contributed by atoms with Crippen LogP contribution in [0.25, 0.3) is 0 Å². The van der Waals surface area contributed by atoms with Crippen LogP contribution in [0.3, 0.4) is 0 Å². The molecule has 0 saturated heterocycles. The van der Waals surface area contributed by atoms with E-state index in [2.05, 4.69) is 33.5 Å². The Morgan fingerprint density at radius 2 is 2.03 bits per heavy atom. The highest BCUT2D eigenvalue weighted by Crippen LogP contribution is 2.31. The van der Waals surface area contributed by atoms with Crippen molar-refractivity contribution in [2.45, 2.75) is 33.6 Å². The first-order chi connectivity index (χ1) is 16.3. The van der Waals surface area contributed by atoms with Gasteiger partial charge in [0.15, 0.2) is 0 Å². The summed E-state index contributed by atoms with van der Waals surface area (Å²) in [4.78, 5) is 4.47. The number of aliphatic imine (C=N–C) groups is 1. The summed E-state index contributed by atoms with van der Waals surface area (Å²) in [5.41, 5.74) is 10.9. The van der Waals surface area contributed by atoms with Crippen molar-refractivity contribution in [1.29, 1.82) is 5.26 Å². The molecule has 2 aromatic carbocycles. The van der Waals surface area contributed by atoms with E-state index >= 15 is 0 Å². The fourth-order valence-corrected chi connectivity index (χ4v) is 3.49. The molecule has 0 amide bonds. The minimum Gasteiger partial charge on any atom is -0.456 e. The second kappa shape index (κ2) is 11.2. The molecular formula is C26H29FN6O. The maximum Gasteiger partial charge on any atom is 0.136 e. The molecule has 0 spiro atoms. The van der Waals surface area contributed by atoms with Gasteiger partial charge < -0.3 is 15.8 Å². The van der Waals surface area contributed by atoms with E-state index < -0.39 is 0 Å². The highest BCUT2D eigenvalue weighted by atomic mass is 19.1. The number of anilines is 1. The lowest BCUT2D eigenvalue weighted by Gasteiger charge is -2.16. The molecule has 0 saturated carbocycles. The maximum atomic E-state index is 13.6. The normalized spacial score (nSPS) is 16.8. The zero-order chi connectivity index (χ0) is 24.7. The van der Waals surface area contributed by atoms with Crippen LogP contribution < -0.4 is 15.8 Å². The first kappa shape index (κ1) is 24.6. The van der Waals surface area contributed by atoms with Crippen LogP contribution in [0.5, 0.6) is 11.5 Å². The molecule has 0 aliphatic carbocycles. The van der Waals surface area contributed by atoms with Gasteiger partial charge in [-0.3, -0.25) is 4.99 Å². The number of nitrogen functional groups attached to an aromatic ring is 1. The lowest BCUT2D eigenvalue weighted by atomic mass is 9.98. The average Bonchev–Trinajstić information content (AvgIpc) is 2.98. The summed E-state index contributed by atoms with van der Waals surface area (Å²) in [5, 5.41) is 21.1. The van der Waals surface area contributed by atoms with E-state index in [0.29, 0.717) is 52.1 Å². The number of hydrogen-bond acceptors (Lipinski definition) is 7. The van der Waals surface area contributed by atoms with Gasteiger partial charge >= 0.3 is 0 Å². The molecule has 0 radical (unpaired) electrons. The summed E-state index contributed by atoms with van der Waals surface area (Å²) >= 11 is 0. The monoisotopic (exact) mass is 460 g/mol. The minimum absolute atomic E-state index is 0.106. The Bertz CT molecular complexity index is 1220. The molecule has 0 bridgehead atoms. The van der Waals surface area contributed by atoms with Gasteiger partial charge in [-0.1, -0.05) is 6.92 Å². The van der Waals surface area contributed by atoms with Gasteiger partial charge in [0.05, 0.1) is 23.2 Å². The van der Waals surface area contributed by atoms with Crippen molar-refractivity contribution >= 4 is 22.8 Å². The molecule has 0 fully saturated rings. The Labute approximate surface area is 199 Å². The number of nitrogens with zero attached hydrogens (tertiary/aromatic N) is 4. The fraction of sp³-hybridized carbons (Fsp3) is 0.308. The quantitative estimate of drug-likeness (QED) is 0.337. The first-order valence-corrected chi connectivity index (χ1v) is 11.1. The van der Waals surface area contributed by atoms with Gasteiger partial charge in [0.25, 0.3) is 0 Å². The number of hydrogen-bond donors (Lipinski definition) is 2. The Balaban J connectivity index is 2.04. The van der Waals surface area contributed by atoms with Gasteiger partial charge in [0, 0.05) is 24.0 Å². The molecular weight excluding hydrogens is 431 g/mol. The second-order valence-corrected chi connectivity index (χ2v) is 8.17. The molecule has 3 N–H and O–H groups in total. The Kier molecular flexibility index (Phi) is 8.14. The third-order valence-corrected chi connectivity index (χ3v) is 5.68. The molecule has 34 heavy (non-hydrogen) atoms. The van der Waals surface area contributed by atoms with Crippen LogP contribution in [0.1, 0.15) is 37.8 Å². The molecule has 7 nitrogen and oxygen atoms in total. The number of nitrogens with two attached hydrogens (primary N) is 1. The molecule has 0 aromatic heterocycles. The van der Waals surface area contributed by atoms with E-state index in [1.165, 1.54) is 12.1 Å². The number of aryl methyl sites for hydroxylation is 1. The standard InChI is InChI=1S/C26H29FN6O/c1-16-5-8-22(33-32-18(16)3)24(31-12-11-28)15-23(30-4)21-14-20(29)7-10-26(21)34-25-9-6-19(27)13-17(25)2/h6-7,9-10,13-16,31H,5,8,12,29H2,1-4H3/b24-15+,30-23+. The zero-order valence-corrected chi connectivity index (χ0v) is 19.9. The van der Waals surface area contributed by atoms with Crippen molar-refractivity contribution in [1.82, 2.24) is 5.32 Å². The number of nitriles is 1. The largest absolute Gasteiger partial charge is 0.456 e. The number of nitrogens with one attached hydrogen (secondary N) is 1. The average molecular weight is 461 g/mol. The van der Waals surface area contributed by atoms with Gasteiger partial charge in [-0.25, -0.2) is 4.39 Å². The van der Waals surface area contributed by atoms with E-state index in [1.807, 2.05) is 13.0 Å². The molecule has 8 heteroatoms. The Hall–Kier alpha value is -3.99. The summed E-state index contributed by atoms with van der Waals surface area (Å²) in [5.74, 6) is 1.05. The summed E-state index contributed by atoms with van der Waals surface area (Å²) in [7, 11) is 1.67. The lowest BCUT2D eigenvalue weighted by molar-refractivity contribution is 0.475. The molecule has 1 atom stereocenters. The number of rotatable bonds is 7. The Morgan fingerprint density at radius 1 is 1.26 bits per heavy atom. The summed E-state index contributed by atoms with van der Waals surface area (Å²) in [6.07, 6.45) is 3.43. The fourth-order valence-electron chi connectivity index (χ4n) is 3.49. The smallest absolute Gasteiger partial charge is 0.136 e. The van der Waals surface area contributed by atoms with Crippen LogP contribution in [-0.4, -0.2) is 30.7 Å². The highest BCUT2D eigenvalue weighted by Gasteiger charge is 2.18. The van der Waals surface area contributed by atoms with E-state index in [-0.39, 0.29) is 12.4 Å². The number of halogens is 1. The predicted molar refractivity (Wildman–Crippen MR) is 135 cm³/mol. The van der Waals surface area contributed by atoms with Crippen LogP contribution in [0.15, 0.2) is 63.4 Å². The van der Waals surface area contributed by atoms with Crippen molar-refractivity contribution in [3.63, 3.8) is 0 Å². The molecule has 176 valence electrons. The number of ether oxygens (including phenoxy) is 1. The van der Waals surface area contributed by atoms with Crippen LogP contribution in [0.4, 0.5) is 10.1 Å². The third-order valence-electron chi connectivity index (χ3n) is 5.68. The van der Waals surface area contributed by atoms with Gasteiger partial charge in [-0.15, -0.1) is 0 Å². The summed E-state index contributed by atoms with van der Waals surface area (Å²) < 4.78 is 19.7. The van der Waals surface area contributed by atoms with E-state index in [1.54, 1.807) is 38.2 Å². The Morgan fingerprint density at radius 3 is 2.74 bits per heavy atom. The molecule has 1 unspecified atom stereocenters. The van der Waals surface area contributed by atoms with Crippen LogP contribution in [0, 0.1) is 30.0 Å². The SMILES string of the molecule is C/N=C(\C=C(\NCC#N)C1=NN=C(C)C(C)CC1)c1cc(N)ccc1Oc1ccc(F)cc1C. The molecule has 1 aliphatic heterocycles. The highest BCUT2D eigenvalue weighted by molar-refractivity contribution is 6.15. The maximum absolute atomic E-state index is 13.6. The van der Waals surface area contributed by atoms with E-state index in [4.69, 9.17) is 15.7 Å². The first-order valence-electron chi connectivity index (χ1n) is 11.1. The third kappa shape index (κ3) is 6.07.